The molecular formula is C39H27BrCl2F3IN4O6. The van der Waals surface area contributed by atoms with Gasteiger partial charge < -0.3 is 9.84 Å². The van der Waals surface area contributed by atoms with Gasteiger partial charge in [-0.15, -0.1) is 0 Å². The van der Waals surface area contributed by atoms with Crippen molar-refractivity contribution >= 4 is 96.9 Å². The molecule has 17 heteroatoms. The maximum absolute atomic E-state index is 15.4. The van der Waals surface area contributed by atoms with Gasteiger partial charge in [-0.3, -0.25) is 29.5 Å². The maximum Gasteiger partial charge on any atom is 0.417 e. The van der Waals surface area contributed by atoms with Gasteiger partial charge in [-0.2, -0.15) is 18.2 Å². The Bertz CT molecular complexity index is 2380. The van der Waals surface area contributed by atoms with Gasteiger partial charge in [0.05, 0.1) is 51.0 Å². The monoisotopic (exact) mass is 980 g/mol. The van der Waals surface area contributed by atoms with Crippen LogP contribution in [0.5, 0.6) is 11.5 Å². The smallest absolute Gasteiger partial charge is 0.417 e. The van der Waals surface area contributed by atoms with Gasteiger partial charge in [0.2, 0.25) is 11.8 Å². The third-order valence-electron chi connectivity index (χ3n) is 11.2. The number of rotatable bonds is 6. The molecule has 2 N–H and O–H groups in total. The fraction of sp³-hybridized carbons (Fsp3) is 0.256. The van der Waals surface area contributed by atoms with Crippen LogP contribution in [-0.4, -0.2) is 45.8 Å². The van der Waals surface area contributed by atoms with Gasteiger partial charge in [-0.25, -0.2) is 4.98 Å². The number of nitrogens with one attached hydrogen (secondary N) is 1. The molecule has 0 radical (unpaired) electrons. The minimum Gasteiger partial charge on any atom is -0.503 e. The third kappa shape index (κ3) is 5.90. The number of imide groups is 2. The second-order valence-corrected chi connectivity index (χ2v) is 16.9. The fourth-order valence-corrected chi connectivity index (χ4v) is 10.1. The number of hydrazine groups is 1. The van der Waals surface area contributed by atoms with Crippen molar-refractivity contribution in [2.75, 3.05) is 17.4 Å². The molecule has 3 fully saturated rings. The minimum absolute atomic E-state index is 0.0538. The molecule has 10 nitrogen and oxygen atoms in total. The highest BCUT2D eigenvalue weighted by molar-refractivity contribution is 14.1. The number of aromatic nitrogens is 1. The molecule has 2 aliphatic heterocycles. The standard InChI is InChI=1S/C39H27BrCl2F3IN4O6/c1-56-29-13-17(12-27(40)32(29)51)31-23-10-11-24-30(36(54)49(34(24)52)22-8-6-21(46)7-9-22)25(23)15-26-35(53)50(37(55)38(26,31)18-2-4-20(41)5-3-18)48-33-28(42)14-19(16-47-33)39(43,44)45/h2-10,12-14,16,24-26,30-31,51H,11,15H2,1H3,(H,47,48). The maximum atomic E-state index is 15.4. The van der Waals surface area contributed by atoms with E-state index in [1.165, 1.54) is 12.0 Å². The first-order valence-electron chi connectivity index (χ1n) is 17.1. The van der Waals surface area contributed by atoms with Crippen molar-refractivity contribution < 1.29 is 42.2 Å². The van der Waals surface area contributed by atoms with Crippen LogP contribution in [0.4, 0.5) is 24.7 Å². The molecule has 288 valence electrons. The zero-order valence-electron chi connectivity index (χ0n) is 28.8. The molecule has 2 aliphatic carbocycles. The topological polar surface area (TPSA) is 129 Å². The van der Waals surface area contributed by atoms with E-state index in [-0.39, 0.29) is 40.5 Å². The highest BCUT2D eigenvalue weighted by Gasteiger charge is 2.70. The van der Waals surface area contributed by atoms with E-state index in [2.05, 4.69) is 48.9 Å². The van der Waals surface area contributed by atoms with Gasteiger partial charge >= 0.3 is 6.18 Å². The number of hydrogen-bond acceptors (Lipinski definition) is 8. The number of fused-ring (bicyclic) bond motifs is 4. The number of nitrogens with zero attached hydrogens (tertiary/aromatic N) is 3. The lowest BCUT2D eigenvalue weighted by Crippen LogP contribution is -2.53. The van der Waals surface area contributed by atoms with Crippen LogP contribution in [0, 0.1) is 27.2 Å². The summed E-state index contributed by atoms with van der Waals surface area (Å²) in [5, 5.41) is 11.4. The van der Waals surface area contributed by atoms with Crippen LogP contribution in [0.15, 0.2) is 89.0 Å². The Balaban J connectivity index is 1.33. The first kappa shape index (κ1) is 38.7. The van der Waals surface area contributed by atoms with Crippen LogP contribution in [-0.2, 0) is 30.8 Å². The first-order chi connectivity index (χ1) is 26.6. The van der Waals surface area contributed by atoms with Gasteiger partial charge in [-0.05, 0) is 123 Å². The lowest BCUT2D eigenvalue weighted by Gasteiger charge is -2.50. The zero-order valence-corrected chi connectivity index (χ0v) is 34.0. The number of alkyl halides is 3. The van der Waals surface area contributed by atoms with Crippen LogP contribution < -0.4 is 15.1 Å². The van der Waals surface area contributed by atoms with Crippen molar-refractivity contribution in [1.29, 1.82) is 0 Å². The van der Waals surface area contributed by atoms with Crippen molar-refractivity contribution in [1.82, 2.24) is 9.99 Å². The van der Waals surface area contributed by atoms with Crippen LogP contribution in [0.1, 0.15) is 35.4 Å². The summed E-state index contributed by atoms with van der Waals surface area (Å²) in [5.41, 5.74) is 1.55. The van der Waals surface area contributed by atoms with E-state index >= 15 is 4.79 Å². The Morgan fingerprint density at radius 3 is 2.32 bits per heavy atom. The Morgan fingerprint density at radius 1 is 0.982 bits per heavy atom. The molecule has 0 spiro atoms. The predicted octanol–water partition coefficient (Wildman–Crippen LogP) is 8.68. The number of halogens is 7. The quantitative estimate of drug-likeness (QED) is 0.112. The summed E-state index contributed by atoms with van der Waals surface area (Å²) < 4.78 is 47.2. The Kier molecular flexibility index (Phi) is 9.68. The average Bonchev–Trinajstić information content (AvgIpc) is 3.54. The molecule has 56 heavy (non-hydrogen) atoms. The van der Waals surface area contributed by atoms with Crippen molar-refractivity contribution in [2.45, 2.75) is 30.4 Å². The highest BCUT2D eigenvalue weighted by Crippen LogP contribution is 2.65. The SMILES string of the molecule is COc1cc(C2C3=CCC4C(=O)N(c5ccc(I)cc5)C(=O)C4C3CC3C(=O)N(Nc4ncc(C(F)(F)F)cc4Cl)C(=O)C32c2ccc(Cl)cc2)cc(Br)c1O. The number of hydrogen-bond donors (Lipinski definition) is 2. The number of anilines is 2. The number of phenols is 1. The molecular weight excluding hydrogens is 955 g/mol. The number of pyridine rings is 1. The van der Waals surface area contributed by atoms with Gasteiger partial charge in [0, 0.05) is 20.7 Å². The van der Waals surface area contributed by atoms with Crippen LogP contribution in [0.3, 0.4) is 0 Å². The number of allylic oxidation sites excluding steroid dienone is 2. The Hall–Kier alpha value is -4.19. The van der Waals surface area contributed by atoms with Crippen molar-refractivity contribution in [3.63, 3.8) is 0 Å². The van der Waals surface area contributed by atoms with Crippen molar-refractivity contribution in [3.05, 3.63) is 119 Å². The fourth-order valence-electron chi connectivity index (χ4n) is 8.92. The molecule has 1 saturated carbocycles. The molecule has 6 atom stereocenters. The molecule has 8 rings (SSSR count). The van der Waals surface area contributed by atoms with Crippen LogP contribution in [0.2, 0.25) is 10.0 Å². The molecule has 6 unspecified atom stereocenters. The third-order valence-corrected chi connectivity index (χ3v) is 13.1. The number of benzene rings is 3. The number of phenolic OH excluding ortho intramolecular Hbond substituents is 1. The Morgan fingerprint density at radius 2 is 1.68 bits per heavy atom. The second-order valence-electron chi connectivity index (χ2n) is 14.0. The summed E-state index contributed by atoms with van der Waals surface area (Å²) >= 11 is 18.2. The first-order valence-corrected chi connectivity index (χ1v) is 19.7. The van der Waals surface area contributed by atoms with Gasteiger partial charge in [0.25, 0.3) is 11.8 Å². The van der Waals surface area contributed by atoms with E-state index < -0.39 is 69.5 Å². The van der Waals surface area contributed by atoms with Crippen LogP contribution >= 0.6 is 61.7 Å². The molecule has 3 aromatic carbocycles. The van der Waals surface area contributed by atoms with Gasteiger partial charge in [0.15, 0.2) is 17.3 Å². The molecule has 4 aromatic rings. The largest absolute Gasteiger partial charge is 0.503 e. The van der Waals surface area contributed by atoms with E-state index in [0.717, 1.165) is 8.58 Å². The number of amides is 4. The lowest BCUT2D eigenvalue weighted by atomic mass is 9.49. The van der Waals surface area contributed by atoms with Crippen LogP contribution in [0.25, 0.3) is 0 Å². The molecule has 2 saturated heterocycles. The number of ether oxygens (including phenoxy) is 1. The van der Waals surface area contributed by atoms with Crippen molar-refractivity contribution in [2.24, 2.45) is 23.7 Å². The summed E-state index contributed by atoms with van der Waals surface area (Å²) in [6.45, 7) is 0. The van der Waals surface area contributed by atoms with Crippen molar-refractivity contribution in [3.8, 4) is 11.5 Å². The van der Waals surface area contributed by atoms with Gasteiger partial charge in [0.1, 0.15) is 0 Å². The number of carbonyl (C=O) groups excluding carboxylic acids is 4. The number of methoxy groups -OCH3 is 1. The van der Waals surface area contributed by atoms with E-state index in [4.69, 9.17) is 27.9 Å². The average molecular weight is 982 g/mol. The summed E-state index contributed by atoms with van der Waals surface area (Å²) in [6, 6.07) is 17.2. The predicted molar refractivity (Wildman–Crippen MR) is 211 cm³/mol. The Labute approximate surface area is 349 Å². The minimum atomic E-state index is -4.76. The lowest BCUT2D eigenvalue weighted by molar-refractivity contribution is -0.139. The summed E-state index contributed by atoms with van der Waals surface area (Å²) in [6.07, 6.45) is -2.26. The summed E-state index contributed by atoms with van der Waals surface area (Å²) in [5.74, 6) is -7.50. The molecule has 4 amide bonds. The van der Waals surface area contributed by atoms with Gasteiger partial charge in [-0.1, -0.05) is 47.0 Å². The molecule has 1 aromatic heterocycles. The van der Waals surface area contributed by atoms with E-state index in [1.807, 2.05) is 6.08 Å². The zero-order chi connectivity index (χ0) is 40.0. The number of carbonyl (C=O) groups is 4. The molecule has 0 bridgehead atoms. The van der Waals surface area contributed by atoms with E-state index in [0.29, 0.717) is 39.7 Å². The normalized spacial score (nSPS) is 25.9. The van der Waals surface area contributed by atoms with E-state index in [9.17, 15) is 32.7 Å². The van der Waals surface area contributed by atoms with E-state index in [1.54, 1.807) is 60.7 Å². The summed E-state index contributed by atoms with van der Waals surface area (Å²) in [4.78, 5) is 63.9. The highest BCUT2D eigenvalue weighted by atomic mass is 127. The number of aromatic hydroxyl groups is 1. The second kappa shape index (κ2) is 14.0. The molecule has 3 heterocycles. The molecule has 4 aliphatic rings. The summed E-state index contributed by atoms with van der Waals surface area (Å²) in [7, 11) is 1.36.